The van der Waals surface area contributed by atoms with E-state index in [1.54, 1.807) is 18.3 Å². The summed E-state index contributed by atoms with van der Waals surface area (Å²) in [5, 5.41) is 3.66. The van der Waals surface area contributed by atoms with Crippen LogP contribution in [0.15, 0.2) is 46.5 Å². The van der Waals surface area contributed by atoms with Gasteiger partial charge in [-0.2, -0.15) is 0 Å². The second kappa shape index (κ2) is 7.22. The first-order valence-corrected chi connectivity index (χ1v) is 10.5. The first-order chi connectivity index (χ1) is 13.7. The van der Waals surface area contributed by atoms with Gasteiger partial charge in [0.05, 0.1) is 17.4 Å². The van der Waals surface area contributed by atoms with E-state index in [0.29, 0.717) is 22.7 Å². The minimum absolute atomic E-state index is 0.00701. The molecule has 144 valence electrons. The predicted octanol–water partition coefficient (Wildman–Crippen LogP) is 3.26. The van der Waals surface area contributed by atoms with E-state index >= 15 is 0 Å². The minimum Gasteiger partial charge on any atom is -0.376 e. The molecular weight excluding hydrogens is 374 g/mol. The fourth-order valence-corrected chi connectivity index (χ4v) is 4.77. The predicted molar refractivity (Wildman–Crippen MR) is 106 cm³/mol. The number of nitrogens with zero attached hydrogens (tertiary/aromatic N) is 2. The number of fused-ring (bicyclic) bond motifs is 2. The molecule has 0 spiro atoms. The molecule has 1 N–H and O–H groups in total. The molecule has 1 atom stereocenters. The maximum atomic E-state index is 13.1. The van der Waals surface area contributed by atoms with Crippen LogP contribution in [0.25, 0.3) is 0 Å². The highest BCUT2D eigenvalue weighted by Crippen LogP contribution is 2.44. The van der Waals surface area contributed by atoms with Gasteiger partial charge in [0.1, 0.15) is 5.03 Å². The summed E-state index contributed by atoms with van der Waals surface area (Å²) in [5.41, 5.74) is 2.08. The number of hydrogen-bond donors (Lipinski definition) is 1. The van der Waals surface area contributed by atoms with E-state index in [-0.39, 0.29) is 24.0 Å². The van der Waals surface area contributed by atoms with Crippen LogP contribution in [0.4, 0.5) is 5.69 Å². The number of anilines is 1. The lowest BCUT2D eigenvalue weighted by atomic mass is 10.1. The maximum absolute atomic E-state index is 13.1. The molecule has 1 aromatic heterocycles. The number of carbonyl (C=O) groups excluding carboxylic acids is 2. The zero-order valence-corrected chi connectivity index (χ0v) is 16.2. The number of ether oxygens (including phenoxy) is 1. The van der Waals surface area contributed by atoms with Crippen LogP contribution in [0.1, 0.15) is 46.4 Å². The molecule has 5 rings (SSSR count). The molecule has 0 bridgehead atoms. The van der Waals surface area contributed by atoms with Crippen molar-refractivity contribution in [2.24, 2.45) is 0 Å². The van der Waals surface area contributed by atoms with E-state index in [0.717, 1.165) is 42.9 Å². The van der Waals surface area contributed by atoms with E-state index in [4.69, 9.17) is 4.74 Å². The number of carbonyl (C=O) groups is 2. The van der Waals surface area contributed by atoms with E-state index in [1.807, 2.05) is 23.1 Å². The highest BCUT2D eigenvalue weighted by Gasteiger charge is 2.38. The van der Waals surface area contributed by atoms with Gasteiger partial charge in [0.15, 0.2) is 0 Å². The van der Waals surface area contributed by atoms with E-state index in [2.05, 4.69) is 10.3 Å². The highest BCUT2D eigenvalue weighted by atomic mass is 32.2. The number of pyridine rings is 1. The van der Waals surface area contributed by atoms with Crippen molar-refractivity contribution in [1.82, 2.24) is 10.3 Å². The Morgan fingerprint density at radius 2 is 2.18 bits per heavy atom. The van der Waals surface area contributed by atoms with Gasteiger partial charge in [-0.1, -0.05) is 11.8 Å². The van der Waals surface area contributed by atoms with Crippen LogP contribution in [0.3, 0.4) is 0 Å². The average molecular weight is 395 g/mol. The van der Waals surface area contributed by atoms with E-state index < -0.39 is 0 Å². The third kappa shape index (κ3) is 3.29. The van der Waals surface area contributed by atoms with Crippen LogP contribution in [0.2, 0.25) is 0 Å². The second-order valence-corrected chi connectivity index (χ2v) is 8.42. The molecule has 3 aliphatic rings. The topological polar surface area (TPSA) is 71.5 Å². The van der Waals surface area contributed by atoms with Crippen molar-refractivity contribution in [2.75, 3.05) is 18.1 Å². The van der Waals surface area contributed by atoms with Gasteiger partial charge < -0.3 is 15.0 Å². The van der Waals surface area contributed by atoms with Gasteiger partial charge in [-0.25, -0.2) is 4.98 Å². The van der Waals surface area contributed by atoms with Crippen molar-refractivity contribution in [3.63, 3.8) is 0 Å². The average Bonchev–Trinajstić information content (AvgIpc) is 3.42. The summed E-state index contributed by atoms with van der Waals surface area (Å²) >= 11 is 1.45. The third-order valence-electron chi connectivity index (χ3n) is 5.33. The fourth-order valence-electron chi connectivity index (χ4n) is 3.72. The molecule has 2 fully saturated rings. The van der Waals surface area contributed by atoms with Crippen molar-refractivity contribution >= 4 is 29.3 Å². The second-order valence-electron chi connectivity index (χ2n) is 7.39. The molecule has 0 radical (unpaired) electrons. The molecule has 1 aromatic carbocycles. The Morgan fingerprint density at radius 3 is 2.96 bits per heavy atom. The Morgan fingerprint density at radius 1 is 1.29 bits per heavy atom. The molecular formula is C21H21N3O3S. The number of rotatable bonds is 4. The molecule has 3 heterocycles. The Labute approximate surface area is 167 Å². The van der Waals surface area contributed by atoms with Crippen molar-refractivity contribution in [1.29, 1.82) is 0 Å². The van der Waals surface area contributed by atoms with Gasteiger partial charge in [-0.15, -0.1) is 0 Å². The Kier molecular flexibility index (Phi) is 4.56. The van der Waals surface area contributed by atoms with Crippen LogP contribution >= 0.6 is 11.8 Å². The lowest BCUT2D eigenvalue weighted by Gasteiger charge is -2.23. The van der Waals surface area contributed by atoms with Gasteiger partial charge >= 0.3 is 0 Å². The number of nitrogens with one attached hydrogen (secondary N) is 1. The summed E-state index contributed by atoms with van der Waals surface area (Å²) in [6.07, 6.45) is 5.86. The van der Waals surface area contributed by atoms with Crippen LogP contribution in [-0.4, -0.2) is 42.1 Å². The van der Waals surface area contributed by atoms with E-state index in [9.17, 15) is 9.59 Å². The molecule has 2 amide bonds. The van der Waals surface area contributed by atoms with Crippen LogP contribution < -0.4 is 10.2 Å². The smallest absolute Gasteiger partial charge is 0.261 e. The molecule has 2 aliphatic heterocycles. The summed E-state index contributed by atoms with van der Waals surface area (Å²) < 4.78 is 5.57. The highest BCUT2D eigenvalue weighted by molar-refractivity contribution is 7.99. The zero-order valence-electron chi connectivity index (χ0n) is 15.4. The SMILES string of the molecule is O=C(NCC1CCCO1)c1ccc2c(c1)Sc1ncccc1C(=O)N2C1CC1. The fraction of sp³-hybridized carbons (Fsp3) is 0.381. The first kappa shape index (κ1) is 17.7. The lowest BCUT2D eigenvalue weighted by Crippen LogP contribution is -2.33. The van der Waals surface area contributed by atoms with Gasteiger partial charge in [0.25, 0.3) is 11.8 Å². The molecule has 1 saturated heterocycles. The van der Waals surface area contributed by atoms with Crippen molar-refractivity contribution in [2.45, 2.75) is 47.8 Å². The van der Waals surface area contributed by atoms with Gasteiger partial charge in [0, 0.05) is 35.8 Å². The van der Waals surface area contributed by atoms with E-state index in [1.165, 1.54) is 11.8 Å². The standard InChI is InChI=1S/C21H21N3O3S/c25-19(23-12-15-3-2-10-27-15)13-5-8-17-18(11-13)28-20-16(4-1-9-22-20)21(26)24(17)14-6-7-14/h1,4-5,8-9,11,14-15H,2-3,6-7,10,12H2,(H,23,25). The number of benzene rings is 1. The van der Waals surface area contributed by atoms with Crippen molar-refractivity contribution < 1.29 is 14.3 Å². The molecule has 7 heteroatoms. The summed E-state index contributed by atoms with van der Waals surface area (Å²) in [7, 11) is 0. The zero-order chi connectivity index (χ0) is 19.1. The summed E-state index contributed by atoms with van der Waals surface area (Å²) in [4.78, 5) is 32.9. The number of hydrogen-bond acceptors (Lipinski definition) is 5. The minimum atomic E-state index is -0.117. The largest absolute Gasteiger partial charge is 0.376 e. The number of amides is 2. The summed E-state index contributed by atoms with van der Waals surface area (Å²) in [6, 6.07) is 9.42. The molecule has 6 nitrogen and oxygen atoms in total. The maximum Gasteiger partial charge on any atom is 0.261 e. The summed E-state index contributed by atoms with van der Waals surface area (Å²) in [6.45, 7) is 1.30. The molecule has 28 heavy (non-hydrogen) atoms. The van der Waals surface area contributed by atoms with Crippen molar-refractivity contribution in [3.8, 4) is 0 Å². The Bertz CT molecular complexity index is 938. The molecule has 1 unspecified atom stereocenters. The summed E-state index contributed by atoms with van der Waals surface area (Å²) in [5.74, 6) is -0.124. The molecule has 1 aliphatic carbocycles. The van der Waals surface area contributed by atoms with Crippen molar-refractivity contribution in [3.05, 3.63) is 47.7 Å². The van der Waals surface area contributed by atoms with Gasteiger partial charge in [0.2, 0.25) is 0 Å². The van der Waals surface area contributed by atoms with Gasteiger partial charge in [-0.3, -0.25) is 9.59 Å². The van der Waals surface area contributed by atoms with Crippen LogP contribution in [0, 0.1) is 0 Å². The monoisotopic (exact) mass is 395 g/mol. The van der Waals surface area contributed by atoms with Crippen LogP contribution in [-0.2, 0) is 4.74 Å². The quantitative estimate of drug-likeness (QED) is 0.860. The molecule has 1 saturated carbocycles. The third-order valence-corrected chi connectivity index (χ3v) is 6.40. The lowest BCUT2D eigenvalue weighted by molar-refractivity contribution is 0.0857. The normalized spacial score (nSPS) is 21.1. The van der Waals surface area contributed by atoms with Gasteiger partial charge in [-0.05, 0) is 56.0 Å². The van der Waals surface area contributed by atoms with Crippen LogP contribution in [0.5, 0.6) is 0 Å². The Balaban J connectivity index is 1.45. The number of aromatic nitrogens is 1. The Hall–Kier alpha value is -2.38. The first-order valence-electron chi connectivity index (χ1n) is 9.71. The molecule has 2 aromatic rings.